The first kappa shape index (κ1) is 16.7. The number of phenols is 1. The molecule has 8 heteroatoms. The lowest BCUT2D eigenvalue weighted by Crippen LogP contribution is -2.42. The number of benzene rings is 1. The van der Waals surface area contributed by atoms with Crippen molar-refractivity contribution in [2.75, 3.05) is 13.1 Å². The van der Waals surface area contributed by atoms with Crippen LogP contribution in [0.3, 0.4) is 0 Å². The number of amides is 1. The zero-order valence-electron chi connectivity index (χ0n) is 12.1. The molecule has 1 aromatic carbocycles. The molecule has 2 rings (SSSR count). The van der Waals surface area contributed by atoms with E-state index < -0.39 is 22.5 Å². The highest BCUT2D eigenvalue weighted by molar-refractivity contribution is 7.89. The molecule has 0 atom stereocenters. The number of aromatic hydroxyl groups is 1. The Hall–Kier alpha value is -1.64. The molecule has 3 N–H and O–H groups in total. The molecule has 0 saturated heterocycles. The van der Waals surface area contributed by atoms with Crippen molar-refractivity contribution < 1.29 is 23.5 Å². The van der Waals surface area contributed by atoms with E-state index in [0.29, 0.717) is 0 Å². The molecule has 0 unspecified atom stereocenters. The van der Waals surface area contributed by atoms with E-state index in [9.17, 15) is 18.3 Å². The predicted molar refractivity (Wildman–Crippen MR) is 78.8 cm³/mol. The topological polar surface area (TPSA) is 107 Å². The lowest BCUT2D eigenvalue weighted by molar-refractivity contribution is -0.129. The molecular formula is C14H20N2O5S. The van der Waals surface area contributed by atoms with Crippen LogP contribution in [0.2, 0.25) is 0 Å². The van der Waals surface area contributed by atoms with Crippen LogP contribution < -0.4 is 5.48 Å². The monoisotopic (exact) mass is 328 g/mol. The van der Waals surface area contributed by atoms with Crippen molar-refractivity contribution >= 4 is 15.9 Å². The molecule has 122 valence electrons. The molecule has 7 nitrogen and oxygen atoms in total. The fraction of sp³-hybridized carbons (Fsp3) is 0.500. The van der Waals surface area contributed by atoms with E-state index in [0.717, 1.165) is 30.0 Å². The average molecular weight is 328 g/mol. The number of sulfonamides is 1. The van der Waals surface area contributed by atoms with Gasteiger partial charge in [-0.3, -0.25) is 10.0 Å². The van der Waals surface area contributed by atoms with Crippen molar-refractivity contribution in [3.05, 3.63) is 24.3 Å². The zero-order chi connectivity index (χ0) is 16.2. The summed E-state index contributed by atoms with van der Waals surface area (Å²) in [6.45, 7) is -0.188. The highest BCUT2D eigenvalue weighted by Crippen LogP contribution is 2.28. The Labute approximate surface area is 129 Å². The van der Waals surface area contributed by atoms with Crippen molar-refractivity contribution in [3.8, 4) is 5.75 Å². The molecule has 1 aliphatic carbocycles. The number of nitrogens with one attached hydrogen (secondary N) is 1. The normalized spacial score (nSPS) is 16.1. The maximum atomic E-state index is 12.7. The van der Waals surface area contributed by atoms with Gasteiger partial charge >= 0.3 is 0 Å². The minimum Gasteiger partial charge on any atom is -0.508 e. The molecule has 0 aliphatic heterocycles. The Kier molecular flexibility index (Phi) is 5.38. The number of carbonyl (C=O) groups is 1. The number of hydrogen-bond donors (Lipinski definition) is 3. The summed E-state index contributed by atoms with van der Waals surface area (Å²) in [7, 11) is -3.86. The summed E-state index contributed by atoms with van der Waals surface area (Å²) in [5.41, 5.74) is 1.47. The maximum Gasteiger partial charge on any atom is 0.258 e. The van der Waals surface area contributed by atoms with Gasteiger partial charge in [0.05, 0.1) is 11.4 Å². The van der Waals surface area contributed by atoms with E-state index in [1.807, 2.05) is 0 Å². The van der Waals surface area contributed by atoms with Gasteiger partial charge in [-0.25, -0.2) is 13.9 Å². The Morgan fingerprint density at radius 1 is 1.23 bits per heavy atom. The number of rotatable bonds is 6. The first-order valence-electron chi connectivity index (χ1n) is 7.15. The van der Waals surface area contributed by atoms with E-state index in [-0.39, 0.29) is 23.1 Å². The van der Waals surface area contributed by atoms with Crippen LogP contribution >= 0.6 is 0 Å². The Morgan fingerprint density at radius 3 is 2.36 bits per heavy atom. The fourth-order valence-corrected chi connectivity index (χ4v) is 4.16. The maximum absolute atomic E-state index is 12.7. The van der Waals surface area contributed by atoms with E-state index in [2.05, 4.69) is 0 Å². The smallest absolute Gasteiger partial charge is 0.258 e. The molecular weight excluding hydrogens is 308 g/mol. The summed E-state index contributed by atoms with van der Waals surface area (Å²) in [5.74, 6) is -0.590. The first-order chi connectivity index (χ1) is 10.4. The third-order valence-corrected chi connectivity index (χ3v) is 5.68. The van der Waals surface area contributed by atoms with Crippen molar-refractivity contribution in [1.29, 1.82) is 0 Å². The van der Waals surface area contributed by atoms with Gasteiger partial charge in [-0.1, -0.05) is 12.8 Å². The summed E-state index contributed by atoms with van der Waals surface area (Å²) in [4.78, 5) is 11.4. The summed E-state index contributed by atoms with van der Waals surface area (Å²) >= 11 is 0. The molecule has 1 fully saturated rings. The molecule has 1 amide bonds. The van der Waals surface area contributed by atoms with Gasteiger partial charge in [0.15, 0.2) is 0 Å². The van der Waals surface area contributed by atoms with E-state index in [4.69, 9.17) is 5.21 Å². The van der Waals surface area contributed by atoms with Crippen LogP contribution in [0.25, 0.3) is 0 Å². The van der Waals surface area contributed by atoms with E-state index >= 15 is 0 Å². The van der Waals surface area contributed by atoms with Crippen LogP contribution in [0.5, 0.6) is 5.75 Å². The summed E-state index contributed by atoms with van der Waals surface area (Å²) in [6, 6.07) is 5.16. The highest BCUT2D eigenvalue weighted by atomic mass is 32.2. The lowest BCUT2D eigenvalue weighted by Gasteiger charge is -2.24. The van der Waals surface area contributed by atoms with Gasteiger partial charge in [-0.2, -0.15) is 4.31 Å². The number of hydrogen-bond acceptors (Lipinski definition) is 5. The zero-order valence-corrected chi connectivity index (χ0v) is 12.9. The van der Waals surface area contributed by atoms with Crippen molar-refractivity contribution in [2.45, 2.75) is 30.6 Å². The SMILES string of the molecule is O=C(CN(CC1CCCC1)S(=O)(=O)c1ccc(O)cc1)NO. The first-order valence-corrected chi connectivity index (χ1v) is 8.59. The van der Waals surface area contributed by atoms with Crippen molar-refractivity contribution in [1.82, 2.24) is 9.79 Å². The molecule has 1 aliphatic rings. The van der Waals surface area contributed by atoms with Crippen LogP contribution in [0.4, 0.5) is 0 Å². The summed E-state index contributed by atoms with van der Waals surface area (Å²) in [6.07, 6.45) is 3.98. The molecule has 0 heterocycles. The van der Waals surface area contributed by atoms with Crippen molar-refractivity contribution in [3.63, 3.8) is 0 Å². The minimum atomic E-state index is -3.86. The molecule has 0 bridgehead atoms. The van der Waals surface area contributed by atoms with Gasteiger partial charge in [0.2, 0.25) is 10.0 Å². The summed E-state index contributed by atoms with van der Waals surface area (Å²) in [5, 5.41) is 17.9. The third kappa shape index (κ3) is 3.96. The van der Waals surface area contributed by atoms with Crippen LogP contribution in [0.15, 0.2) is 29.2 Å². The van der Waals surface area contributed by atoms with E-state index in [1.165, 1.54) is 29.7 Å². The van der Waals surface area contributed by atoms with Gasteiger partial charge in [-0.05, 0) is 43.0 Å². The Bertz CT molecular complexity index is 609. The van der Waals surface area contributed by atoms with Crippen LogP contribution in [0.1, 0.15) is 25.7 Å². The molecule has 0 radical (unpaired) electrons. The molecule has 1 saturated carbocycles. The van der Waals surface area contributed by atoms with Crippen LogP contribution in [0, 0.1) is 5.92 Å². The van der Waals surface area contributed by atoms with Crippen LogP contribution in [-0.4, -0.2) is 42.0 Å². The molecule has 0 spiro atoms. The second-order valence-corrected chi connectivity index (χ2v) is 7.41. The van der Waals surface area contributed by atoms with Gasteiger partial charge in [0.25, 0.3) is 5.91 Å². The minimum absolute atomic E-state index is 0.00837. The molecule has 22 heavy (non-hydrogen) atoms. The van der Waals surface area contributed by atoms with Gasteiger partial charge < -0.3 is 5.11 Å². The second-order valence-electron chi connectivity index (χ2n) is 5.48. The molecule has 1 aromatic rings. The van der Waals surface area contributed by atoms with Gasteiger partial charge in [-0.15, -0.1) is 0 Å². The van der Waals surface area contributed by atoms with Gasteiger partial charge in [0, 0.05) is 6.54 Å². The summed E-state index contributed by atoms with van der Waals surface area (Å²) < 4.78 is 26.4. The lowest BCUT2D eigenvalue weighted by atomic mass is 10.1. The second kappa shape index (κ2) is 7.08. The largest absolute Gasteiger partial charge is 0.508 e. The number of hydroxylamine groups is 1. The number of carbonyl (C=O) groups excluding carboxylic acids is 1. The van der Waals surface area contributed by atoms with Crippen molar-refractivity contribution in [2.24, 2.45) is 5.92 Å². The Morgan fingerprint density at radius 2 is 1.82 bits per heavy atom. The molecule has 0 aromatic heterocycles. The third-order valence-electron chi connectivity index (χ3n) is 3.86. The van der Waals surface area contributed by atoms with E-state index in [1.54, 1.807) is 0 Å². The average Bonchev–Trinajstić information content (AvgIpc) is 3.00. The number of nitrogens with zero attached hydrogens (tertiary/aromatic N) is 1. The quantitative estimate of drug-likeness (QED) is 0.535. The fourth-order valence-electron chi connectivity index (χ4n) is 2.69. The standard InChI is InChI=1S/C14H20N2O5S/c17-12-5-7-13(8-6-12)22(20,21)16(10-14(18)15-19)9-11-3-1-2-4-11/h5-8,11,17,19H,1-4,9-10H2,(H,15,18). The number of phenolic OH excluding ortho intramolecular Hbond substituents is 1. The predicted octanol–water partition coefficient (Wildman–Crippen LogP) is 1.08. The highest BCUT2D eigenvalue weighted by Gasteiger charge is 2.30. The van der Waals surface area contributed by atoms with Crippen LogP contribution in [-0.2, 0) is 14.8 Å². The van der Waals surface area contributed by atoms with Gasteiger partial charge in [0.1, 0.15) is 5.75 Å². The Balaban J connectivity index is 2.24.